The third-order valence-electron chi connectivity index (χ3n) is 4.28. The van der Waals surface area contributed by atoms with Crippen molar-refractivity contribution in [3.8, 4) is 0 Å². The Hall–Kier alpha value is -1.12. The van der Waals surface area contributed by atoms with Crippen molar-refractivity contribution in [1.82, 2.24) is 10.0 Å². The van der Waals surface area contributed by atoms with Crippen molar-refractivity contribution in [2.75, 3.05) is 0 Å². The van der Waals surface area contributed by atoms with E-state index in [2.05, 4.69) is 10.0 Å². The van der Waals surface area contributed by atoms with Crippen LogP contribution in [0.5, 0.6) is 0 Å². The van der Waals surface area contributed by atoms with Gasteiger partial charge in [-0.2, -0.15) is 13.2 Å². The molecular weight excluding hydrogens is 317 g/mol. The molecule has 122 valence electrons. The summed E-state index contributed by atoms with van der Waals surface area (Å²) in [5.41, 5.74) is -1.13. The van der Waals surface area contributed by atoms with Crippen LogP contribution in [-0.2, 0) is 16.2 Å². The number of fused-ring (bicyclic) bond motifs is 2. The Labute approximate surface area is 127 Å². The van der Waals surface area contributed by atoms with E-state index in [0.29, 0.717) is 12.8 Å². The Bertz CT molecular complexity index is 648. The number of nitrogens with one attached hydrogen (secondary N) is 2. The van der Waals surface area contributed by atoms with Crippen molar-refractivity contribution < 1.29 is 21.6 Å². The lowest BCUT2D eigenvalue weighted by Gasteiger charge is -2.29. The molecule has 1 aromatic carbocycles. The first-order valence-electron chi connectivity index (χ1n) is 7.20. The molecule has 0 aliphatic carbocycles. The summed E-state index contributed by atoms with van der Waals surface area (Å²) in [5, 5.41) is 3.37. The molecule has 0 radical (unpaired) electrons. The van der Waals surface area contributed by atoms with E-state index >= 15 is 0 Å². The third-order valence-corrected chi connectivity index (χ3v) is 5.86. The zero-order chi connectivity index (χ0) is 16.0. The van der Waals surface area contributed by atoms with Crippen molar-refractivity contribution in [3.05, 3.63) is 29.8 Å². The van der Waals surface area contributed by atoms with E-state index in [4.69, 9.17) is 0 Å². The van der Waals surface area contributed by atoms with Gasteiger partial charge in [-0.05, 0) is 37.8 Å². The monoisotopic (exact) mass is 334 g/mol. The molecule has 3 rings (SSSR count). The second-order valence-electron chi connectivity index (χ2n) is 5.92. The van der Waals surface area contributed by atoms with Gasteiger partial charge in [0.2, 0.25) is 10.0 Å². The van der Waals surface area contributed by atoms with Crippen LogP contribution in [0.25, 0.3) is 0 Å². The van der Waals surface area contributed by atoms with E-state index in [1.165, 1.54) is 12.1 Å². The molecule has 2 saturated heterocycles. The van der Waals surface area contributed by atoms with Gasteiger partial charge >= 0.3 is 6.18 Å². The first kappa shape index (κ1) is 15.8. The Morgan fingerprint density at radius 1 is 1.09 bits per heavy atom. The summed E-state index contributed by atoms with van der Waals surface area (Å²) in [6, 6.07) is 4.47. The van der Waals surface area contributed by atoms with Gasteiger partial charge in [-0.15, -0.1) is 0 Å². The lowest BCUT2D eigenvalue weighted by atomic mass is 10.0. The van der Waals surface area contributed by atoms with Crippen LogP contribution in [0.3, 0.4) is 0 Å². The average molecular weight is 334 g/mol. The van der Waals surface area contributed by atoms with E-state index < -0.39 is 26.7 Å². The zero-order valence-corrected chi connectivity index (χ0v) is 12.5. The highest BCUT2D eigenvalue weighted by atomic mass is 32.2. The van der Waals surface area contributed by atoms with Gasteiger partial charge in [-0.3, -0.25) is 0 Å². The van der Waals surface area contributed by atoms with Crippen LogP contribution in [0.2, 0.25) is 0 Å². The highest BCUT2D eigenvalue weighted by molar-refractivity contribution is 7.89. The lowest BCUT2D eigenvalue weighted by Crippen LogP contribution is -2.48. The highest BCUT2D eigenvalue weighted by Gasteiger charge is 2.39. The molecule has 2 bridgehead atoms. The molecule has 2 fully saturated rings. The first-order chi connectivity index (χ1) is 10.3. The van der Waals surface area contributed by atoms with Crippen molar-refractivity contribution in [1.29, 1.82) is 0 Å². The molecule has 4 nitrogen and oxygen atoms in total. The van der Waals surface area contributed by atoms with Gasteiger partial charge in [-0.25, -0.2) is 13.1 Å². The summed E-state index contributed by atoms with van der Waals surface area (Å²) >= 11 is 0. The number of halogens is 3. The van der Waals surface area contributed by atoms with Gasteiger partial charge in [-0.1, -0.05) is 12.1 Å². The van der Waals surface area contributed by atoms with Crippen LogP contribution < -0.4 is 10.0 Å². The number of sulfonamides is 1. The topological polar surface area (TPSA) is 58.2 Å². The molecule has 2 atom stereocenters. The van der Waals surface area contributed by atoms with Gasteiger partial charge in [0, 0.05) is 18.1 Å². The summed E-state index contributed by atoms with van der Waals surface area (Å²) in [4.78, 5) is -0.701. The SMILES string of the molecule is O=S(=O)(NC1CC2CCC(C1)N2)c1ccccc1C(F)(F)F. The number of hydrogen-bond donors (Lipinski definition) is 2. The molecule has 0 spiro atoms. The van der Waals surface area contributed by atoms with Crippen molar-refractivity contribution in [3.63, 3.8) is 0 Å². The van der Waals surface area contributed by atoms with Gasteiger partial charge in [0.1, 0.15) is 0 Å². The second-order valence-corrected chi connectivity index (χ2v) is 7.60. The maximum atomic E-state index is 13.0. The Morgan fingerprint density at radius 2 is 1.68 bits per heavy atom. The third kappa shape index (κ3) is 3.13. The standard InChI is InChI=1S/C14H17F3N2O2S/c15-14(16,17)12-3-1-2-4-13(12)22(20,21)19-11-7-9-5-6-10(8-11)18-9/h1-4,9-11,18-19H,5-8H2. The largest absolute Gasteiger partial charge is 0.417 e. The van der Waals surface area contributed by atoms with Gasteiger partial charge < -0.3 is 5.32 Å². The molecule has 1 aromatic rings. The molecule has 2 N–H and O–H groups in total. The highest BCUT2D eigenvalue weighted by Crippen LogP contribution is 2.34. The fourth-order valence-electron chi connectivity index (χ4n) is 3.37. The van der Waals surface area contributed by atoms with Gasteiger partial charge in [0.05, 0.1) is 10.5 Å². The molecule has 2 aliphatic heterocycles. The predicted octanol–water partition coefficient (Wildman–Crippen LogP) is 2.27. The number of benzene rings is 1. The molecule has 0 amide bonds. The van der Waals surface area contributed by atoms with E-state index in [1.807, 2.05) is 0 Å². The quantitative estimate of drug-likeness (QED) is 0.891. The molecule has 22 heavy (non-hydrogen) atoms. The van der Waals surface area contributed by atoms with E-state index in [9.17, 15) is 21.6 Å². The Morgan fingerprint density at radius 3 is 2.27 bits per heavy atom. The molecule has 0 aromatic heterocycles. The van der Waals surface area contributed by atoms with Crippen LogP contribution in [0.4, 0.5) is 13.2 Å². The molecular formula is C14H17F3N2O2S. The number of rotatable bonds is 3. The van der Waals surface area contributed by atoms with Crippen LogP contribution in [0, 0.1) is 0 Å². The lowest BCUT2D eigenvalue weighted by molar-refractivity contribution is -0.139. The normalized spacial score (nSPS) is 28.8. The van der Waals surface area contributed by atoms with Crippen molar-refractivity contribution in [2.24, 2.45) is 0 Å². The zero-order valence-electron chi connectivity index (χ0n) is 11.7. The van der Waals surface area contributed by atoms with Gasteiger partial charge in [0.25, 0.3) is 0 Å². The maximum Gasteiger partial charge on any atom is 0.417 e. The van der Waals surface area contributed by atoms with E-state index in [1.54, 1.807) is 0 Å². The summed E-state index contributed by atoms with van der Waals surface area (Å²) in [5.74, 6) is 0. The maximum absolute atomic E-state index is 13.0. The Balaban J connectivity index is 1.85. The number of hydrogen-bond acceptors (Lipinski definition) is 3. The van der Waals surface area contributed by atoms with Crippen LogP contribution in [-0.4, -0.2) is 26.5 Å². The molecule has 8 heteroatoms. The summed E-state index contributed by atoms with van der Waals surface area (Å²) < 4.78 is 66.2. The number of alkyl halides is 3. The summed E-state index contributed by atoms with van der Waals surface area (Å²) in [6.07, 6.45) is -1.49. The summed E-state index contributed by atoms with van der Waals surface area (Å²) in [6.45, 7) is 0. The molecule has 2 unspecified atom stereocenters. The van der Waals surface area contributed by atoms with E-state index in [0.717, 1.165) is 25.0 Å². The second kappa shape index (κ2) is 5.50. The van der Waals surface area contributed by atoms with Crippen LogP contribution >= 0.6 is 0 Å². The van der Waals surface area contributed by atoms with Crippen molar-refractivity contribution in [2.45, 2.75) is 54.9 Å². The van der Waals surface area contributed by atoms with Crippen LogP contribution in [0.1, 0.15) is 31.2 Å². The molecule has 0 saturated carbocycles. The molecule has 2 heterocycles. The number of piperidine rings is 1. The first-order valence-corrected chi connectivity index (χ1v) is 8.68. The fraction of sp³-hybridized carbons (Fsp3) is 0.571. The van der Waals surface area contributed by atoms with Crippen LogP contribution in [0.15, 0.2) is 29.2 Å². The average Bonchev–Trinajstić information content (AvgIpc) is 2.77. The smallest absolute Gasteiger partial charge is 0.311 e. The van der Waals surface area contributed by atoms with Crippen molar-refractivity contribution >= 4 is 10.0 Å². The minimum atomic E-state index is -4.70. The fourth-order valence-corrected chi connectivity index (χ4v) is 4.86. The minimum absolute atomic E-state index is 0.254. The molecule has 2 aliphatic rings. The van der Waals surface area contributed by atoms with Gasteiger partial charge in [0.15, 0.2) is 0 Å². The predicted molar refractivity (Wildman–Crippen MR) is 74.7 cm³/mol. The minimum Gasteiger partial charge on any atom is -0.311 e. The summed E-state index contributed by atoms with van der Waals surface area (Å²) in [7, 11) is -4.19. The van der Waals surface area contributed by atoms with E-state index in [-0.39, 0.29) is 18.1 Å². The Kier molecular flexibility index (Phi) is 3.94.